The summed E-state index contributed by atoms with van der Waals surface area (Å²) in [6.45, 7) is 9.42. The average Bonchev–Trinajstić information content (AvgIpc) is 2.87. The van der Waals surface area contributed by atoms with Crippen molar-refractivity contribution in [3.63, 3.8) is 0 Å². The van der Waals surface area contributed by atoms with E-state index in [0.717, 1.165) is 5.69 Å². The Bertz CT molecular complexity index is 549. The summed E-state index contributed by atoms with van der Waals surface area (Å²) in [5.74, 6) is 0. The van der Waals surface area contributed by atoms with Gasteiger partial charge in [-0.25, -0.2) is 0 Å². The van der Waals surface area contributed by atoms with E-state index in [0.29, 0.717) is 6.54 Å². The van der Waals surface area contributed by atoms with Gasteiger partial charge < -0.3 is 11.1 Å². The van der Waals surface area contributed by atoms with E-state index in [1.54, 1.807) is 0 Å². The number of hydrogen-bond donors (Lipinski definition) is 2. The quantitative estimate of drug-likeness (QED) is 0.871. The highest BCUT2D eigenvalue weighted by Gasteiger charge is 2.19. The molecule has 1 atom stereocenters. The van der Waals surface area contributed by atoms with E-state index in [9.17, 15) is 0 Å². The highest BCUT2D eigenvalue weighted by molar-refractivity contribution is 7.12. The molecule has 1 aromatic heterocycles. The fourth-order valence-corrected chi connectivity index (χ4v) is 3.17. The first kappa shape index (κ1) is 15.1. The summed E-state index contributed by atoms with van der Waals surface area (Å²) in [6.07, 6.45) is 0. The van der Waals surface area contributed by atoms with Crippen LogP contribution in [0.3, 0.4) is 0 Å². The van der Waals surface area contributed by atoms with Crippen LogP contribution in [0.15, 0.2) is 36.4 Å². The van der Waals surface area contributed by atoms with Crippen molar-refractivity contribution >= 4 is 17.0 Å². The molecule has 0 aliphatic heterocycles. The lowest BCUT2D eigenvalue weighted by molar-refractivity contribution is 0.604. The van der Waals surface area contributed by atoms with E-state index in [1.807, 2.05) is 11.3 Å². The highest BCUT2D eigenvalue weighted by Crippen LogP contribution is 2.33. The minimum atomic E-state index is 0.179. The number of aryl methyl sites for hydroxylation is 1. The molecular weight excluding hydrogens is 264 g/mol. The Kier molecular flexibility index (Phi) is 4.51. The number of thiophene rings is 1. The van der Waals surface area contributed by atoms with Gasteiger partial charge in [-0.2, -0.15) is 0 Å². The zero-order valence-electron chi connectivity index (χ0n) is 12.7. The summed E-state index contributed by atoms with van der Waals surface area (Å²) < 4.78 is 0. The van der Waals surface area contributed by atoms with Crippen LogP contribution in [0.25, 0.3) is 0 Å². The van der Waals surface area contributed by atoms with Crippen molar-refractivity contribution in [3.8, 4) is 0 Å². The third-order valence-electron chi connectivity index (χ3n) is 3.34. The molecule has 0 radical (unpaired) electrons. The lowest BCUT2D eigenvalue weighted by atomic mass is 9.95. The Morgan fingerprint density at radius 1 is 1.10 bits per heavy atom. The van der Waals surface area contributed by atoms with E-state index >= 15 is 0 Å². The smallest absolute Gasteiger partial charge is 0.0728 e. The van der Waals surface area contributed by atoms with Crippen molar-refractivity contribution in [2.75, 3.05) is 11.9 Å². The predicted molar refractivity (Wildman–Crippen MR) is 89.6 cm³/mol. The van der Waals surface area contributed by atoms with E-state index in [2.05, 4.69) is 69.4 Å². The van der Waals surface area contributed by atoms with Crippen molar-refractivity contribution in [2.45, 2.75) is 39.2 Å². The topological polar surface area (TPSA) is 38.0 Å². The highest BCUT2D eigenvalue weighted by atomic mass is 32.1. The van der Waals surface area contributed by atoms with Crippen LogP contribution in [-0.4, -0.2) is 6.54 Å². The molecule has 1 heterocycles. The molecule has 20 heavy (non-hydrogen) atoms. The third-order valence-corrected chi connectivity index (χ3v) is 4.96. The minimum Gasteiger partial charge on any atom is -0.376 e. The summed E-state index contributed by atoms with van der Waals surface area (Å²) in [5.41, 5.74) is 8.54. The Labute approximate surface area is 126 Å². The van der Waals surface area contributed by atoms with Crippen molar-refractivity contribution in [1.29, 1.82) is 0 Å². The van der Waals surface area contributed by atoms with Gasteiger partial charge >= 0.3 is 0 Å². The fourth-order valence-electron chi connectivity index (χ4n) is 2.04. The van der Waals surface area contributed by atoms with Crippen LogP contribution in [0.1, 0.15) is 42.1 Å². The molecule has 2 aromatic rings. The largest absolute Gasteiger partial charge is 0.376 e. The van der Waals surface area contributed by atoms with E-state index in [-0.39, 0.29) is 11.5 Å². The van der Waals surface area contributed by atoms with E-state index in [1.165, 1.54) is 15.3 Å². The van der Waals surface area contributed by atoms with Crippen LogP contribution in [0.5, 0.6) is 0 Å². The molecule has 0 aliphatic rings. The van der Waals surface area contributed by atoms with Gasteiger partial charge in [-0.3, -0.25) is 0 Å². The van der Waals surface area contributed by atoms with Crippen molar-refractivity contribution in [1.82, 2.24) is 0 Å². The van der Waals surface area contributed by atoms with E-state index < -0.39 is 0 Å². The molecule has 3 N–H and O–H groups in total. The van der Waals surface area contributed by atoms with Gasteiger partial charge in [0.25, 0.3) is 0 Å². The second kappa shape index (κ2) is 5.98. The number of anilines is 1. The number of nitrogens with one attached hydrogen (secondary N) is 1. The fraction of sp³-hybridized carbons (Fsp3) is 0.412. The summed E-state index contributed by atoms with van der Waals surface area (Å²) in [5, 5.41) is 3.52. The van der Waals surface area contributed by atoms with Crippen molar-refractivity contribution in [2.24, 2.45) is 5.73 Å². The molecule has 108 valence electrons. The molecule has 1 unspecified atom stereocenters. The van der Waals surface area contributed by atoms with Crippen LogP contribution in [0.2, 0.25) is 0 Å². The molecule has 0 saturated carbocycles. The Hall–Kier alpha value is -1.32. The number of hydrogen-bond acceptors (Lipinski definition) is 3. The standard InChI is InChI=1S/C17H24N2S/c1-12-5-7-13(8-6-12)19-14(11-18)15-9-10-16(20-15)17(2,3)4/h5-10,14,19H,11,18H2,1-4H3. The molecule has 0 bridgehead atoms. The second-order valence-electron chi connectivity index (χ2n) is 6.25. The maximum atomic E-state index is 5.95. The summed E-state index contributed by atoms with van der Waals surface area (Å²) in [7, 11) is 0. The van der Waals surface area contributed by atoms with Gasteiger partial charge in [0.15, 0.2) is 0 Å². The van der Waals surface area contributed by atoms with Crippen LogP contribution >= 0.6 is 11.3 Å². The first-order valence-electron chi connectivity index (χ1n) is 7.03. The van der Waals surface area contributed by atoms with E-state index in [4.69, 9.17) is 5.73 Å². The second-order valence-corrected chi connectivity index (χ2v) is 7.37. The van der Waals surface area contributed by atoms with Crippen LogP contribution < -0.4 is 11.1 Å². The van der Waals surface area contributed by atoms with Crippen molar-refractivity contribution in [3.05, 3.63) is 51.7 Å². The van der Waals surface area contributed by atoms with Gasteiger partial charge in [-0.1, -0.05) is 38.5 Å². The van der Waals surface area contributed by atoms with Gasteiger partial charge in [-0.15, -0.1) is 11.3 Å². The number of benzene rings is 1. The molecule has 0 amide bonds. The van der Waals surface area contributed by atoms with Crippen LogP contribution in [-0.2, 0) is 5.41 Å². The first-order valence-corrected chi connectivity index (χ1v) is 7.85. The average molecular weight is 288 g/mol. The maximum absolute atomic E-state index is 5.95. The summed E-state index contributed by atoms with van der Waals surface area (Å²) in [6, 6.07) is 13.0. The van der Waals surface area contributed by atoms with Gasteiger partial charge in [-0.05, 0) is 36.6 Å². The third kappa shape index (κ3) is 3.62. The molecule has 0 spiro atoms. The molecular formula is C17H24N2S. The SMILES string of the molecule is Cc1ccc(NC(CN)c2ccc(C(C)(C)C)s2)cc1. The number of nitrogens with two attached hydrogens (primary N) is 1. The summed E-state index contributed by atoms with van der Waals surface area (Å²) in [4.78, 5) is 2.70. The van der Waals surface area contributed by atoms with Gasteiger partial charge in [0, 0.05) is 22.0 Å². The molecule has 0 fully saturated rings. The zero-order chi connectivity index (χ0) is 14.8. The molecule has 0 aliphatic carbocycles. The predicted octanol–water partition coefficient (Wildman–Crippen LogP) is 4.47. The molecule has 1 aromatic carbocycles. The lowest BCUT2D eigenvalue weighted by Crippen LogP contribution is -2.19. The summed E-state index contributed by atoms with van der Waals surface area (Å²) >= 11 is 1.85. The molecule has 0 saturated heterocycles. The van der Waals surface area contributed by atoms with Crippen molar-refractivity contribution < 1.29 is 0 Å². The molecule has 3 heteroatoms. The molecule has 2 rings (SSSR count). The van der Waals surface area contributed by atoms with Crippen LogP contribution in [0, 0.1) is 6.92 Å². The normalized spacial score (nSPS) is 13.2. The first-order chi connectivity index (χ1) is 9.40. The minimum absolute atomic E-state index is 0.179. The zero-order valence-corrected chi connectivity index (χ0v) is 13.6. The lowest BCUT2D eigenvalue weighted by Gasteiger charge is -2.18. The van der Waals surface area contributed by atoms with Gasteiger partial charge in [0.1, 0.15) is 0 Å². The maximum Gasteiger partial charge on any atom is 0.0728 e. The molecule has 2 nitrogen and oxygen atoms in total. The monoisotopic (exact) mass is 288 g/mol. The Morgan fingerprint density at radius 2 is 1.75 bits per heavy atom. The Morgan fingerprint density at radius 3 is 2.25 bits per heavy atom. The van der Waals surface area contributed by atoms with Gasteiger partial charge in [0.05, 0.1) is 6.04 Å². The van der Waals surface area contributed by atoms with Crippen LogP contribution in [0.4, 0.5) is 5.69 Å². The number of rotatable bonds is 4. The Balaban J connectivity index is 2.16. The van der Waals surface area contributed by atoms with Gasteiger partial charge in [0.2, 0.25) is 0 Å².